The number of oxazole rings is 1. The molecule has 14 heavy (non-hydrogen) atoms. The molecular formula is C10H16N2O2. The minimum absolute atomic E-state index is 0.420. The van der Waals surface area contributed by atoms with Crippen LogP contribution in [0.1, 0.15) is 43.4 Å². The molecule has 1 aromatic heterocycles. The Hall–Kier alpha value is -0.870. The molecule has 1 aromatic rings. The maximum atomic E-state index is 9.29. The fourth-order valence-electron chi connectivity index (χ4n) is 1.75. The Labute approximate surface area is 83.3 Å². The van der Waals surface area contributed by atoms with Gasteiger partial charge >= 0.3 is 0 Å². The van der Waals surface area contributed by atoms with E-state index in [1.165, 1.54) is 0 Å². The van der Waals surface area contributed by atoms with Crippen molar-refractivity contribution < 1.29 is 9.52 Å². The quantitative estimate of drug-likeness (QED) is 0.746. The highest BCUT2D eigenvalue weighted by Crippen LogP contribution is 2.26. The minimum Gasteiger partial charge on any atom is -0.443 e. The van der Waals surface area contributed by atoms with Gasteiger partial charge in [0.15, 0.2) is 11.7 Å². The molecule has 0 saturated carbocycles. The highest BCUT2D eigenvalue weighted by molar-refractivity contribution is 5.02. The Morgan fingerprint density at radius 2 is 2.29 bits per heavy atom. The number of aliphatic hydroxyl groups excluding tert-OH is 1. The molecule has 0 bridgehead atoms. The molecule has 0 spiro atoms. The van der Waals surface area contributed by atoms with E-state index in [0.29, 0.717) is 11.7 Å². The number of hydrogen-bond acceptors (Lipinski definition) is 4. The first-order valence-electron chi connectivity index (χ1n) is 5.12. The van der Waals surface area contributed by atoms with Gasteiger partial charge in [-0.05, 0) is 32.9 Å². The molecule has 2 N–H and O–H groups in total. The SMILES string of the molecule is CC(O)c1cnc(C2CCNCC2)o1. The molecule has 0 aromatic carbocycles. The van der Waals surface area contributed by atoms with Crippen molar-refractivity contribution in [3.63, 3.8) is 0 Å². The van der Waals surface area contributed by atoms with Crippen molar-refractivity contribution in [2.75, 3.05) is 13.1 Å². The summed E-state index contributed by atoms with van der Waals surface area (Å²) in [5.41, 5.74) is 0. The maximum absolute atomic E-state index is 9.29. The lowest BCUT2D eigenvalue weighted by molar-refractivity contribution is 0.165. The topological polar surface area (TPSA) is 58.3 Å². The van der Waals surface area contributed by atoms with E-state index in [0.717, 1.165) is 31.8 Å². The number of aromatic nitrogens is 1. The molecule has 2 rings (SSSR count). The number of piperidine rings is 1. The second-order valence-corrected chi connectivity index (χ2v) is 3.80. The second kappa shape index (κ2) is 4.11. The monoisotopic (exact) mass is 196 g/mol. The van der Waals surface area contributed by atoms with Crippen LogP contribution in [-0.2, 0) is 0 Å². The Morgan fingerprint density at radius 3 is 2.86 bits per heavy atom. The number of aliphatic hydroxyl groups is 1. The highest BCUT2D eigenvalue weighted by Gasteiger charge is 2.20. The lowest BCUT2D eigenvalue weighted by Crippen LogP contribution is -2.26. The van der Waals surface area contributed by atoms with Gasteiger partial charge in [-0.3, -0.25) is 0 Å². The summed E-state index contributed by atoms with van der Waals surface area (Å²) in [4.78, 5) is 4.21. The van der Waals surface area contributed by atoms with Gasteiger partial charge in [0.05, 0.1) is 6.20 Å². The predicted octanol–water partition coefficient (Wildman–Crippen LogP) is 1.19. The number of nitrogens with one attached hydrogen (secondary N) is 1. The van der Waals surface area contributed by atoms with Crippen LogP contribution in [-0.4, -0.2) is 23.2 Å². The normalized spacial score (nSPS) is 21.0. The van der Waals surface area contributed by atoms with Crippen molar-refractivity contribution in [1.29, 1.82) is 0 Å². The highest BCUT2D eigenvalue weighted by atomic mass is 16.4. The Kier molecular flexibility index (Phi) is 2.84. The van der Waals surface area contributed by atoms with E-state index >= 15 is 0 Å². The molecule has 4 nitrogen and oxygen atoms in total. The van der Waals surface area contributed by atoms with Gasteiger partial charge in [0, 0.05) is 5.92 Å². The second-order valence-electron chi connectivity index (χ2n) is 3.80. The van der Waals surface area contributed by atoms with Crippen molar-refractivity contribution in [3.8, 4) is 0 Å². The summed E-state index contributed by atoms with van der Waals surface area (Å²) in [5.74, 6) is 1.77. The van der Waals surface area contributed by atoms with Gasteiger partial charge in [0.25, 0.3) is 0 Å². The Morgan fingerprint density at radius 1 is 1.57 bits per heavy atom. The van der Waals surface area contributed by atoms with E-state index < -0.39 is 6.10 Å². The number of hydrogen-bond donors (Lipinski definition) is 2. The van der Waals surface area contributed by atoms with Crippen LogP contribution in [0.3, 0.4) is 0 Å². The summed E-state index contributed by atoms with van der Waals surface area (Å²) in [6.07, 6.45) is 3.21. The van der Waals surface area contributed by atoms with Gasteiger partial charge in [0.1, 0.15) is 6.10 Å². The molecule has 0 radical (unpaired) electrons. The summed E-state index contributed by atoms with van der Waals surface area (Å²) >= 11 is 0. The van der Waals surface area contributed by atoms with Gasteiger partial charge in [-0.25, -0.2) is 4.98 Å². The zero-order chi connectivity index (χ0) is 9.97. The van der Waals surface area contributed by atoms with E-state index in [2.05, 4.69) is 10.3 Å². The molecule has 1 aliphatic rings. The van der Waals surface area contributed by atoms with Gasteiger partial charge in [-0.2, -0.15) is 0 Å². The van der Waals surface area contributed by atoms with Crippen LogP contribution >= 0.6 is 0 Å². The van der Waals surface area contributed by atoms with Crippen LogP contribution in [0.4, 0.5) is 0 Å². The average Bonchev–Trinajstić information content (AvgIpc) is 2.68. The third-order valence-electron chi connectivity index (χ3n) is 2.64. The van der Waals surface area contributed by atoms with Crippen LogP contribution in [0.25, 0.3) is 0 Å². The van der Waals surface area contributed by atoms with E-state index in [9.17, 15) is 5.11 Å². The molecular weight excluding hydrogens is 180 g/mol. The molecule has 0 amide bonds. The lowest BCUT2D eigenvalue weighted by atomic mass is 9.98. The average molecular weight is 196 g/mol. The van der Waals surface area contributed by atoms with Crippen molar-refractivity contribution in [1.82, 2.24) is 10.3 Å². The largest absolute Gasteiger partial charge is 0.443 e. The van der Waals surface area contributed by atoms with Crippen LogP contribution in [0.15, 0.2) is 10.6 Å². The Balaban J connectivity index is 2.07. The van der Waals surface area contributed by atoms with Crippen molar-refractivity contribution >= 4 is 0 Å². The molecule has 1 atom stereocenters. The van der Waals surface area contributed by atoms with Crippen molar-refractivity contribution in [3.05, 3.63) is 17.8 Å². The van der Waals surface area contributed by atoms with Crippen LogP contribution in [0, 0.1) is 0 Å². The molecule has 1 saturated heterocycles. The van der Waals surface area contributed by atoms with Crippen LogP contribution in [0.5, 0.6) is 0 Å². The Bertz CT molecular complexity index is 290. The van der Waals surface area contributed by atoms with Crippen molar-refractivity contribution in [2.24, 2.45) is 0 Å². The fourth-order valence-corrected chi connectivity index (χ4v) is 1.75. The lowest BCUT2D eigenvalue weighted by Gasteiger charge is -2.19. The third kappa shape index (κ3) is 1.96. The summed E-state index contributed by atoms with van der Waals surface area (Å²) in [7, 11) is 0. The summed E-state index contributed by atoms with van der Waals surface area (Å²) in [6.45, 7) is 3.74. The van der Waals surface area contributed by atoms with E-state index in [1.807, 2.05) is 0 Å². The van der Waals surface area contributed by atoms with E-state index in [1.54, 1.807) is 13.1 Å². The number of rotatable bonds is 2. The fraction of sp³-hybridized carbons (Fsp3) is 0.700. The first-order chi connectivity index (χ1) is 6.77. The van der Waals surface area contributed by atoms with Gasteiger partial charge in [-0.1, -0.05) is 0 Å². The molecule has 1 aliphatic heterocycles. The zero-order valence-corrected chi connectivity index (χ0v) is 8.36. The maximum Gasteiger partial charge on any atom is 0.197 e. The van der Waals surface area contributed by atoms with Gasteiger partial charge in [0.2, 0.25) is 0 Å². The van der Waals surface area contributed by atoms with Gasteiger partial charge < -0.3 is 14.8 Å². The zero-order valence-electron chi connectivity index (χ0n) is 8.36. The van der Waals surface area contributed by atoms with Crippen LogP contribution < -0.4 is 5.32 Å². The van der Waals surface area contributed by atoms with E-state index in [4.69, 9.17) is 4.42 Å². The predicted molar refractivity (Wildman–Crippen MR) is 52.0 cm³/mol. The van der Waals surface area contributed by atoms with E-state index in [-0.39, 0.29) is 0 Å². The minimum atomic E-state index is -0.557. The molecule has 78 valence electrons. The smallest absolute Gasteiger partial charge is 0.197 e. The summed E-state index contributed by atoms with van der Waals surface area (Å²) in [6, 6.07) is 0. The van der Waals surface area contributed by atoms with Crippen molar-refractivity contribution in [2.45, 2.75) is 31.8 Å². The third-order valence-corrected chi connectivity index (χ3v) is 2.64. The van der Waals surface area contributed by atoms with Crippen LogP contribution in [0.2, 0.25) is 0 Å². The first-order valence-corrected chi connectivity index (χ1v) is 5.12. The molecule has 1 fully saturated rings. The summed E-state index contributed by atoms with van der Waals surface area (Å²) < 4.78 is 5.50. The molecule has 4 heteroatoms. The number of nitrogens with zero attached hydrogens (tertiary/aromatic N) is 1. The molecule has 0 aliphatic carbocycles. The summed E-state index contributed by atoms with van der Waals surface area (Å²) in [5, 5.41) is 12.6. The standard InChI is InChI=1S/C10H16N2O2/c1-7(13)9-6-12-10(14-9)8-2-4-11-5-3-8/h6-8,11,13H,2-5H2,1H3. The molecule has 1 unspecified atom stereocenters. The van der Waals surface area contributed by atoms with Gasteiger partial charge in [-0.15, -0.1) is 0 Å². The first kappa shape index (κ1) is 9.68. The molecule has 2 heterocycles.